The van der Waals surface area contributed by atoms with Crippen LogP contribution in [0.5, 0.6) is 0 Å². The number of hydrogen-bond acceptors (Lipinski definition) is 3. The molecule has 0 unspecified atom stereocenters. The minimum atomic E-state index is -0.412. The lowest BCUT2D eigenvalue weighted by molar-refractivity contribution is -0.409. The maximum absolute atomic E-state index is 13.2. The highest BCUT2D eigenvalue weighted by atomic mass is 79.9. The molecule has 1 aromatic rings. The summed E-state index contributed by atoms with van der Waals surface area (Å²) in [4.78, 5) is 13.2. The van der Waals surface area contributed by atoms with Gasteiger partial charge in [0.1, 0.15) is 0 Å². The zero-order valence-electron chi connectivity index (χ0n) is 11.9. The summed E-state index contributed by atoms with van der Waals surface area (Å²) < 4.78 is 12.3. The molecule has 22 heavy (non-hydrogen) atoms. The monoisotopic (exact) mass is 358 g/mol. The number of carbonyl (C=O) groups excluding carboxylic acids is 1. The Hall–Kier alpha value is -0.710. The van der Waals surface area contributed by atoms with Crippen LogP contribution in [0.15, 0.2) is 30.3 Å². The van der Waals surface area contributed by atoms with Crippen molar-refractivity contribution in [2.75, 3.05) is 13.2 Å². The smallest absolute Gasteiger partial charge is 0.187 e. The van der Waals surface area contributed by atoms with Gasteiger partial charge in [0.15, 0.2) is 11.6 Å². The van der Waals surface area contributed by atoms with Crippen LogP contribution in [0.3, 0.4) is 0 Å². The van der Waals surface area contributed by atoms with Crippen LogP contribution in [0.1, 0.15) is 10.4 Å². The van der Waals surface area contributed by atoms with Gasteiger partial charge in [0.2, 0.25) is 0 Å². The van der Waals surface area contributed by atoms with Gasteiger partial charge in [-0.1, -0.05) is 46.3 Å². The van der Waals surface area contributed by atoms with Gasteiger partial charge in [0.25, 0.3) is 0 Å². The van der Waals surface area contributed by atoms with Crippen molar-refractivity contribution in [3.63, 3.8) is 0 Å². The van der Waals surface area contributed by atoms with E-state index in [1.807, 2.05) is 30.3 Å². The zero-order chi connectivity index (χ0) is 14.5. The predicted molar refractivity (Wildman–Crippen MR) is 80.4 cm³/mol. The van der Waals surface area contributed by atoms with E-state index >= 15 is 0 Å². The first kappa shape index (κ1) is 11.8. The van der Waals surface area contributed by atoms with Crippen molar-refractivity contribution in [3.8, 4) is 0 Å². The van der Waals surface area contributed by atoms with Crippen LogP contribution in [0.2, 0.25) is 0 Å². The lowest BCUT2D eigenvalue weighted by atomic mass is 9.12. The number of ketones is 1. The largest absolute Gasteiger partial charge is 0.346 e. The van der Waals surface area contributed by atoms with Crippen LogP contribution in [-0.2, 0) is 9.47 Å². The topological polar surface area (TPSA) is 35.5 Å². The van der Waals surface area contributed by atoms with Gasteiger partial charge >= 0.3 is 0 Å². The Bertz CT molecular complexity index is 733. The van der Waals surface area contributed by atoms with Crippen molar-refractivity contribution >= 4 is 21.7 Å². The molecule has 2 bridgehead atoms. The lowest BCUT2D eigenvalue weighted by Gasteiger charge is -2.90. The number of Topliss-reactive ketones (excluding diaryl/α,β-unsaturated/α-hetero) is 1. The summed E-state index contributed by atoms with van der Waals surface area (Å²) in [6, 6.07) is 9.87. The molecule has 7 fully saturated rings. The second-order valence-electron chi connectivity index (χ2n) is 7.92. The molecule has 112 valence electrons. The van der Waals surface area contributed by atoms with Crippen molar-refractivity contribution in [1.29, 1.82) is 0 Å². The number of benzene rings is 1. The maximum Gasteiger partial charge on any atom is 0.187 e. The van der Waals surface area contributed by atoms with Gasteiger partial charge in [-0.2, -0.15) is 0 Å². The van der Waals surface area contributed by atoms with E-state index in [4.69, 9.17) is 9.47 Å². The van der Waals surface area contributed by atoms with E-state index in [9.17, 15) is 4.79 Å². The molecular formula is C18H15BrO3. The van der Waals surface area contributed by atoms with Crippen molar-refractivity contribution in [1.82, 2.24) is 0 Å². The molecule has 4 heteroatoms. The molecule has 8 rings (SSSR count). The van der Waals surface area contributed by atoms with Crippen LogP contribution >= 0.6 is 15.9 Å². The molecule has 4 atom stereocenters. The Kier molecular flexibility index (Phi) is 1.60. The summed E-state index contributed by atoms with van der Waals surface area (Å²) in [5.41, 5.74) is 0.835. The fourth-order valence-electron chi connectivity index (χ4n) is 7.91. The van der Waals surface area contributed by atoms with Crippen LogP contribution in [0, 0.1) is 40.9 Å². The normalized spacial score (nSPS) is 59.3. The van der Waals surface area contributed by atoms with Gasteiger partial charge in [-0.3, -0.25) is 4.79 Å². The van der Waals surface area contributed by atoms with E-state index in [0.717, 1.165) is 5.56 Å². The first-order valence-corrected chi connectivity index (χ1v) is 9.06. The van der Waals surface area contributed by atoms with Gasteiger partial charge in [-0.05, 0) is 29.6 Å². The first-order valence-electron chi connectivity index (χ1n) is 8.27. The van der Waals surface area contributed by atoms with Gasteiger partial charge in [0.05, 0.1) is 17.5 Å². The summed E-state index contributed by atoms with van der Waals surface area (Å²) in [5.74, 6) is 3.17. The number of hydrogen-bond donors (Lipinski definition) is 0. The predicted octanol–water partition coefficient (Wildman–Crippen LogP) is 2.50. The molecule has 1 aromatic carbocycles. The summed E-state index contributed by atoms with van der Waals surface area (Å²) >= 11 is 4.04. The molecule has 0 amide bonds. The minimum absolute atomic E-state index is 0.0138. The van der Waals surface area contributed by atoms with Gasteiger partial charge in [-0.15, -0.1) is 0 Å². The quantitative estimate of drug-likeness (QED) is 0.601. The highest BCUT2D eigenvalue weighted by Gasteiger charge is 3.10. The Balaban J connectivity index is 1.36. The van der Waals surface area contributed by atoms with Gasteiger partial charge in [0, 0.05) is 16.9 Å². The molecule has 1 spiro atoms. The summed E-state index contributed by atoms with van der Waals surface area (Å²) in [7, 11) is 0. The molecule has 3 nitrogen and oxygen atoms in total. The summed E-state index contributed by atoms with van der Waals surface area (Å²) in [6.07, 6.45) is 0. The van der Waals surface area contributed by atoms with Crippen LogP contribution in [0.25, 0.3) is 0 Å². The Morgan fingerprint density at radius 1 is 0.955 bits per heavy atom. The number of rotatable bonds is 2. The SMILES string of the molecule is O=C(c1ccccc1)C12C3[C@H]4[C@H]1C1[C@@H]2[C@H]3C4(Br)C12OCCO2. The van der Waals surface area contributed by atoms with E-state index in [1.54, 1.807) is 0 Å². The van der Waals surface area contributed by atoms with Crippen LogP contribution in [-0.4, -0.2) is 29.1 Å². The third-order valence-corrected chi connectivity index (χ3v) is 9.67. The second-order valence-corrected chi connectivity index (χ2v) is 9.23. The molecule has 6 saturated carbocycles. The maximum atomic E-state index is 13.2. The molecule has 1 heterocycles. The average molecular weight is 359 g/mol. The summed E-state index contributed by atoms with van der Waals surface area (Å²) in [5, 5.41) is 0. The van der Waals surface area contributed by atoms with Crippen molar-refractivity contribution in [2.24, 2.45) is 40.9 Å². The van der Waals surface area contributed by atoms with Crippen LogP contribution in [0.4, 0.5) is 0 Å². The van der Waals surface area contributed by atoms with E-state index in [2.05, 4.69) is 15.9 Å². The molecule has 0 aromatic heterocycles. The molecule has 1 aliphatic heterocycles. The van der Waals surface area contributed by atoms with Crippen molar-refractivity contribution < 1.29 is 14.3 Å². The fourth-order valence-corrected chi connectivity index (χ4v) is 9.54. The zero-order valence-corrected chi connectivity index (χ0v) is 13.5. The standard InChI is InChI=1S/C18H15BrO3/c19-17-12-9-13(17)11-14(18(17)21-6-7-22-18)10(12)16(9,11)15(20)8-4-2-1-3-5-8/h1-5,9-14H,6-7H2/t9?,10-,11-,12-,13-,14?,16?,17?/m0/s1. The molecule has 1 saturated heterocycles. The number of halogens is 1. The van der Waals surface area contributed by atoms with E-state index in [-0.39, 0.29) is 9.74 Å². The Morgan fingerprint density at radius 3 is 2.18 bits per heavy atom. The third-order valence-electron chi connectivity index (χ3n) is 8.06. The van der Waals surface area contributed by atoms with Gasteiger partial charge in [-0.25, -0.2) is 0 Å². The van der Waals surface area contributed by atoms with Gasteiger partial charge < -0.3 is 9.47 Å². The molecule has 0 N–H and O–H groups in total. The van der Waals surface area contributed by atoms with E-state index < -0.39 is 5.79 Å². The molecule has 6 aliphatic carbocycles. The average Bonchev–Trinajstić information content (AvgIpc) is 3.07. The highest BCUT2D eigenvalue weighted by Crippen LogP contribution is 3.05. The third kappa shape index (κ3) is 0.711. The molecular weight excluding hydrogens is 344 g/mol. The molecule has 7 aliphatic rings. The number of ether oxygens (including phenoxy) is 2. The Labute approximate surface area is 136 Å². The van der Waals surface area contributed by atoms with E-state index in [1.165, 1.54) is 0 Å². The van der Waals surface area contributed by atoms with Crippen molar-refractivity contribution in [3.05, 3.63) is 35.9 Å². The van der Waals surface area contributed by atoms with Crippen LogP contribution < -0.4 is 0 Å². The fraction of sp³-hybridized carbons (Fsp3) is 0.611. The van der Waals surface area contributed by atoms with E-state index in [0.29, 0.717) is 54.5 Å². The summed E-state index contributed by atoms with van der Waals surface area (Å²) in [6.45, 7) is 1.40. The minimum Gasteiger partial charge on any atom is -0.346 e. The first-order chi connectivity index (χ1) is 10.7. The number of carbonyl (C=O) groups is 1. The molecule has 0 radical (unpaired) electrons. The number of alkyl halides is 1. The second kappa shape index (κ2) is 2.99. The Morgan fingerprint density at radius 2 is 1.55 bits per heavy atom. The highest BCUT2D eigenvalue weighted by molar-refractivity contribution is 9.10. The lowest BCUT2D eigenvalue weighted by Crippen LogP contribution is -2.93. The van der Waals surface area contributed by atoms with Crippen molar-refractivity contribution in [2.45, 2.75) is 10.1 Å².